The molecule has 0 saturated heterocycles. The normalized spacial score (nSPS) is 13.5. The Balaban J connectivity index is 1.39. The minimum Gasteiger partial charge on any atom is -0.505 e. The number of aromatic hydroxyl groups is 2. The van der Waals surface area contributed by atoms with Gasteiger partial charge in [-0.2, -0.15) is 55.6 Å². The van der Waals surface area contributed by atoms with E-state index in [1.807, 2.05) is 0 Å². The molecule has 26 nitrogen and oxygen atoms in total. The van der Waals surface area contributed by atoms with Crippen LogP contribution in [0.25, 0.3) is 33.7 Å². The monoisotopic (exact) mass is 1030 g/mol. The van der Waals surface area contributed by atoms with E-state index < -0.39 is 157 Å². The fraction of sp³-hybridized carbons (Fsp3) is 0. The van der Waals surface area contributed by atoms with Crippen molar-refractivity contribution in [3.8, 4) is 11.5 Å². The van der Waals surface area contributed by atoms with Gasteiger partial charge in [-0.15, -0.1) is 15.3 Å². The molecule has 0 aromatic heterocycles. The summed E-state index contributed by atoms with van der Waals surface area (Å²) in [4.78, 5) is -5.88. The van der Waals surface area contributed by atoms with Gasteiger partial charge in [-0.3, -0.25) is 27.3 Å². The Morgan fingerprint density at radius 3 is 1.29 bits per heavy atom. The van der Waals surface area contributed by atoms with Crippen molar-refractivity contribution in [3.05, 3.63) is 83.9 Å². The molecule has 6 aromatic rings. The zero-order valence-corrected chi connectivity index (χ0v) is 36.9. The first kappa shape index (κ1) is 48.9. The summed E-state index contributed by atoms with van der Waals surface area (Å²) >= 11 is 0. The Kier molecular flexibility index (Phi) is 12.4. The van der Waals surface area contributed by atoms with Crippen LogP contribution in [-0.4, -0.2) is 88.0 Å². The molecule has 6 aromatic carbocycles. The molecule has 12 N–H and O–H groups in total. The van der Waals surface area contributed by atoms with Crippen molar-refractivity contribution >= 4 is 129 Å². The molecule has 0 amide bonds. The van der Waals surface area contributed by atoms with Crippen LogP contribution in [0.1, 0.15) is 11.1 Å². The second-order valence-corrected chi connectivity index (χ2v) is 21.8. The lowest BCUT2D eigenvalue weighted by atomic mass is 10.1. The molecule has 32 heteroatoms. The quantitative estimate of drug-likeness (QED) is 0.0332. The first-order valence-electron chi connectivity index (χ1n) is 17.0. The van der Waals surface area contributed by atoms with Crippen LogP contribution in [0.4, 0.5) is 34.1 Å². The van der Waals surface area contributed by atoms with Crippen LogP contribution < -0.4 is 11.5 Å². The lowest BCUT2D eigenvalue weighted by Crippen LogP contribution is -2.03. The molecule has 0 saturated carbocycles. The molecule has 0 spiro atoms. The average Bonchev–Trinajstić information content (AvgIpc) is 3.16. The van der Waals surface area contributed by atoms with Gasteiger partial charge in [-0.05, 0) is 82.6 Å². The molecule has 348 valence electrons. The Morgan fingerprint density at radius 1 is 0.424 bits per heavy atom. The standard InChI is InChI=1S/C34H26N6O20S6/c35-22-13-20(61(43,44)45)8-17-10-27(65(55,56)57)31(33(41)29(17)22)39-37-19-5-4-16(25(12-19)63(49,50)51)3-1-15-2-6-24(26(7-15)64(52,53)54)38-40-32-28(66(58,59)60)11-18-9-21(62(46,47)48)14-23(36)30(18)34(32)42/h1-14,41-42H,35-36H2,(H,43,44,45)(H,46,47,48)(H,49,50,51)(H,52,53,54)(H,55,56,57)(H,58,59,60)/b3-1+,39-37?,40-38?. The van der Waals surface area contributed by atoms with Crippen molar-refractivity contribution in [3.63, 3.8) is 0 Å². The Morgan fingerprint density at radius 2 is 0.864 bits per heavy atom. The number of anilines is 2. The summed E-state index contributed by atoms with van der Waals surface area (Å²) in [7, 11) is -30.8. The van der Waals surface area contributed by atoms with Crippen molar-refractivity contribution in [2.45, 2.75) is 29.4 Å². The van der Waals surface area contributed by atoms with E-state index in [2.05, 4.69) is 20.5 Å². The van der Waals surface area contributed by atoms with Gasteiger partial charge in [0.1, 0.15) is 36.6 Å². The number of hydrogen-bond acceptors (Lipinski definition) is 20. The zero-order chi connectivity index (χ0) is 49.3. The van der Waals surface area contributed by atoms with Crippen LogP contribution in [0.15, 0.2) is 123 Å². The summed E-state index contributed by atoms with van der Waals surface area (Å²) in [6.45, 7) is 0. The zero-order valence-electron chi connectivity index (χ0n) is 32.0. The highest BCUT2D eigenvalue weighted by Gasteiger charge is 2.27. The van der Waals surface area contributed by atoms with E-state index in [9.17, 15) is 88.0 Å². The third-order valence-corrected chi connectivity index (χ3v) is 14.2. The van der Waals surface area contributed by atoms with Gasteiger partial charge < -0.3 is 21.7 Å². The molecule has 6 rings (SSSR count). The molecule has 66 heavy (non-hydrogen) atoms. The number of hydrogen-bond donors (Lipinski definition) is 10. The minimum absolute atomic E-state index is 0.131. The average molecular weight is 1030 g/mol. The number of nitrogens with two attached hydrogens (primary N) is 2. The van der Waals surface area contributed by atoms with Crippen molar-refractivity contribution in [1.29, 1.82) is 0 Å². The molecular formula is C34H26N6O20S6. The molecule has 0 radical (unpaired) electrons. The van der Waals surface area contributed by atoms with Gasteiger partial charge in [-0.1, -0.05) is 24.3 Å². The van der Waals surface area contributed by atoms with Crippen LogP contribution in [0.3, 0.4) is 0 Å². The van der Waals surface area contributed by atoms with Gasteiger partial charge >= 0.3 is 0 Å². The van der Waals surface area contributed by atoms with Crippen LogP contribution >= 0.6 is 0 Å². The van der Waals surface area contributed by atoms with E-state index in [1.54, 1.807) is 0 Å². The summed E-state index contributed by atoms with van der Waals surface area (Å²) in [5, 5.41) is 34.7. The largest absolute Gasteiger partial charge is 0.505 e. The van der Waals surface area contributed by atoms with Gasteiger partial charge in [0.25, 0.3) is 60.7 Å². The predicted octanol–water partition coefficient (Wildman–Crippen LogP) is 5.05. The van der Waals surface area contributed by atoms with Crippen LogP contribution in [0.5, 0.6) is 11.5 Å². The van der Waals surface area contributed by atoms with E-state index in [0.29, 0.717) is 30.3 Å². The summed E-state index contributed by atoms with van der Waals surface area (Å²) in [6.07, 6.45) is 2.06. The molecular weight excluding hydrogens is 1000 g/mol. The molecule has 0 aliphatic heterocycles. The maximum atomic E-state index is 12.5. The lowest BCUT2D eigenvalue weighted by Gasteiger charge is -2.12. The fourth-order valence-corrected chi connectivity index (χ4v) is 9.92. The lowest BCUT2D eigenvalue weighted by molar-refractivity contribution is 0.471. The van der Waals surface area contributed by atoms with Gasteiger partial charge in [0.15, 0.2) is 11.5 Å². The van der Waals surface area contributed by atoms with Gasteiger partial charge in [0.05, 0.1) is 15.5 Å². The number of fused-ring (bicyclic) bond motifs is 2. The number of benzene rings is 6. The van der Waals surface area contributed by atoms with Gasteiger partial charge in [0.2, 0.25) is 0 Å². The van der Waals surface area contributed by atoms with Crippen LogP contribution in [0.2, 0.25) is 0 Å². The highest BCUT2D eigenvalue weighted by Crippen LogP contribution is 2.46. The first-order valence-corrected chi connectivity index (χ1v) is 25.6. The molecule has 0 atom stereocenters. The highest BCUT2D eigenvalue weighted by molar-refractivity contribution is 7.87. The molecule has 0 heterocycles. The molecule has 0 unspecified atom stereocenters. The van der Waals surface area contributed by atoms with E-state index in [4.69, 9.17) is 11.5 Å². The van der Waals surface area contributed by atoms with Crippen molar-refractivity contribution in [1.82, 2.24) is 0 Å². The van der Waals surface area contributed by atoms with E-state index in [0.717, 1.165) is 54.6 Å². The maximum absolute atomic E-state index is 12.5. The predicted molar refractivity (Wildman–Crippen MR) is 229 cm³/mol. The number of nitrogens with zero attached hydrogens (tertiary/aromatic N) is 4. The van der Waals surface area contributed by atoms with E-state index in [1.165, 1.54) is 0 Å². The van der Waals surface area contributed by atoms with Crippen LogP contribution in [0, 0.1) is 0 Å². The summed E-state index contributed by atoms with van der Waals surface area (Å²) in [6, 6.07) is 9.61. The third kappa shape index (κ3) is 10.1. The minimum atomic E-state index is -5.33. The topological polar surface area (TPSA) is 468 Å². The number of azo groups is 2. The molecule has 0 bridgehead atoms. The smallest absolute Gasteiger partial charge is 0.296 e. The molecule has 0 fully saturated rings. The van der Waals surface area contributed by atoms with Crippen LogP contribution in [-0.2, 0) is 60.7 Å². The summed E-state index contributed by atoms with van der Waals surface area (Å²) in [5.41, 5.74) is 7.00. The first-order chi connectivity index (χ1) is 30.2. The number of rotatable bonds is 12. The fourth-order valence-electron chi connectivity index (χ4n) is 6.13. The van der Waals surface area contributed by atoms with Crippen molar-refractivity contribution < 1.29 is 88.0 Å². The van der Waals surface area contributed by atoms with Crippen molar-refractivity contribution in [2.24, 2.45) is 20.5 Å². The second-order valence-electron chi connectivity index (χ2n) is 13.4. The maximum Gasteiger partial charge on any atom is 0.296 e. The van der Waals surface area contributed by atoms with E-state index in [-0.39, 0.29) is 11.1 Å². The van der Waals surface area contributed by atoms with Gasteiger partial charge in [-0.25, -0.2) is 0 Å². The second kappa shape index (κ2) is 16.7. The summed E-state index contributed by atoms with van der Waals surface area (Å²) < 4.78 is 204. The Hall–Kier alpha value is -6.56. The third-order valence-electron chi connectivity index (χ3n) is 8.97. The highest BCUT2D eigenvalue weighted by atomic mass is 32.2. The van der Waals surface area contributed by atoms with E-state index >= 15 is 0 Å². The Bertz CT molecular complexity index is 3920. The number of nitrogen functional groups attached to an aromatic ring is 2. The SMILES string of the molecule is Nc1cc(S(=O)(=O)O)cc2cc(S(=O)(=O)O)c(N=Nc3ccc(/C=C/c4ccc(N=Nc5c(S(=O)(=O)O)cc6cc(S(=O)(=O)O)cc(N)c6c5O)c(S(=O)(=O)O)c4)c(S(=O)(=O)O)c3)c(O)c12. The molecule has 0 aliphatic carbocycles. The van der Waals surface area contributed by atoms with Crippen molar-refractivity contribution in [2.75, 3.05) is 11.5 Å². The number of phenolic OH excluding ortho intramolecular Hbond substituents is 2. The molecule has 0 aliphatic rings. The summed E-state index contributed by atoms with van der Waals surface area (Å²) in [5.74, 6) is -2.18. The number of phenols is 2. The van der Waals surface area contributed by atoms with Gasteiger partial charge in [0, 0.05) is 22.1 Å². The Labute approximate surface area is 371 Å².